The molecule has 0 spiro atoms. The molecule has 84 valence electrons. The van der Waals surface area contributed by atoms with Crippen LogP contribution in [0.4, 0.5) is 0 Å². The summed E-state index contributed by atoms with van der Waals surface area (Å²) in [5.41, 5.74) is 5.62. The van der Waals surface area contributed by atoms with Crippen LogP contribution in [0.1, 0.15) is 6.92 Å². The maximum absolute atomic E-state index is 11.2. The summed E-state index contributed by atoms with van der Waals surface area (Å²) in [5, 5.41) is 0. The molecule has 0 amide bonds. The standard InChI is InChI=1S/C10H15NO2S2/c1-8(11)7-14-9-3-5-10(6-4-9)15(2,12)13/h3-6,8H,7,11H2,1-2H3/t8-/m1/s1. The summed E-state index contributed by atoms with van der Waals surface area (Å²) in [7, 11) is -3.08. The minimum Gasteiger partial charge on any atom is -0.327 e. The van der Waals surface area contributed by atoms with E-state index in [1.54, 1.807) is 23.9 Å². The molecule has 2 N–H and O–H groups in total. The van der Waals surface area contributed by atoms with Crippen molar-refractivity contribution in [3.8, 4) is 0 Å². The van der Waals surface area contributed by atoms with Crippen LogP contribution in [0.3, 0.4) is 0 Å². The molecule has 0 fully saturated rings. The molecule has 1 atom stereocenters. The quantitative estimate of drug-likeness (QED) is 0.817. The summed E-state index contributed by atoms with van der Waals surface area (Å²) in [6.07, 6.45) is 1.21. The lowest BCUT2D eigenvalue weighted by atomic mass is 10.4. The molecule has 0 aliphatic heterocycles. The molecule has 0 aliphatic carbocycles. The van der Waals surface area contributed by atoms with E-state index in [0.29, 0.717) is 4.90 Å². The van der Waals surface area contributed by atoms with Crippen molar-refractivity contribution in [2.24, 2.45) is 5.73 Å². The average molecular weight is 245 g/mol. The van der Waals surface area contributed by atoms with Crippen molar-refractivity contribution < 1.29 is 8.42 Å². The Hall–Kier alpha value is -0.520. The van der Waals surface area contributed by atoms with Crippen molar-refractivity contribution in [2.75, 3.05) is 12.0 Å². The van der Waals surface area contributed by atoms with Crippen LogP contribution in [0.25, 0.3) is 0 Å². The van der Waals surface area contributed by atoms with E-state index in [4.69, 9.17) is 5.73 Å². The fourth-order valence-corrected chi connectivity index (χ4v) is 2.43. The molecule has 1 aromatic rings. The van der Waals surface area contributed by atoms with Gasteiger partial charge in [0.15, 0.2) is 9.84 Å². The zero-order valence-corrected chi connectivity index (χ0v) is 10.4. The SMILES string of the molecule is C[C@@H](N)CSc1ccc(S(C)(=O)=O)cc1. The minimum atomic E-state index is -3.08. The highest BCUT2D eigenvalue weighted by Crippen LogP contribution is 2.20. The molecule has 0 aromatic heterocycles. The molecule has 0 saturated carbocycles. The van der Waals surface area contributed by atoms with Gasteiger partial charge in [0.1, 0.15) is 0 Å². The highest BCUT2D eigenvalue weighted by atomic mass is 32.2. The van der Waals surface area contributed by atoms with E-state index in [1.165, 1.54) is 6.26 Å². The average Bonchev–Trinajstić information content (AvgIpc) is 2.14. The third kappa shape index (κ3) is 4.24. The summed E-state index contributed by atoms with van der Waals surface area (Å²) < 4.78 is 22.4. The topological polar surface area (TPSA) is 60.2 Å². The molecule has 0 saturated heterocycles. The van der Waals surface area contributed by atoms with Crippen LogP contribution >= 0.6 is 11.8 Å². The monoisotopic (exact) mass is 245 g/mol. The van der Waals surface area contributed by atoms with E-state index < -0.39 is 9.84 Å². The number of thioether (sulfide) groups is 1. The summed E-state index contributed by atoms with van der Waals surface area (Å²) in [6.45, 7) is 1.94. The van der Waals surface area contributed by atoms with E-state index in [1.807, 2.05) is 19.1 Å². The molecular formula is C10H15NO2S2. The Kier molecular flexibility index (Phi) is 4.19. The molecule has 1 rings (SSSR count). The first-order valence-corrected chi connectivity index (χ1v) is 7.46. The number of nitrogens with two attached hydrogens (primary N) is 1. The zero-order valence-electron chi connectivity index (χ0n) is 8.80. The van der Waals surface area contributed by atoms with Crippen LogP contribution in [-0.4, -0.2) is 26.5 Å². The Morgan fingerprint density at radius 1 is 1.33 bits per heavy atom. The fourth-order valence-electron chi connectivity index (χ4n) is 1.01. The van der Waals surface area contributed by atoms with Gasteiger partial charge in [0, 0.05) is 22.9 Å². The van der Waals surface area contributed by atoms with E-state index in [9.17, 15) is 8.42 Å². The Bertz CT molecular complexity index is 410. The van der Waals surface area contributed by atoms with Crippen LogP contribution in [0.2, 0.25) is 0 Å². The fraction of sp³-hybridized carbons (Fsp3) is 0.400. The molecule has 0 radical (unpaired) electrons. The van der Waals surface area contributed by atoms with Crippen LogP contribution < -0.4 is 5.73 Å². The van der Waals surface area contributed by atoms with Crippen LogP contribution in [-0.2, 0) is 9.84 Å². The normalized spacial score (nSPS) is 13.8. The second-order valence-corrected chi connectivity index (χ2v) is 6.64. The first-order valence-electron chi connectivity index (χ1n) is 4.58. The first-order chi connectivity index (χ1) is 6.89. The molecule has 5 heteroatoms. The lowest BCUT2D eigenvalue weighted by Crippen LogP contribution is -2.17. The second kappa shape index (κ2) is 5.01. The molecule has 1 aromatic carbocycles. The van der Waals surface area contributed by atoms with Crippen molar-refractivity contribution in [2.45, 2.75) is 22.8 Å². The van der Waals surface area contributed by atoms with E-state index >= 15 is 0 Å². The Morgan fingerprint density at radius 2 is 1.87 bits per heavy atom. The Morgan fingerprint density at radius 3 is 2.27 bits per heavy atom. The number of hydrogen-bond donors (Lipinski definition) is 1. The predicted octanol–water partition coefficient (Wildman–Crippen LogP) is 1.53. The number of rotatable bonds is 4. The Labute approximate surface area is 95.0 Å². The molecule has 15 heavy (non-hydrogen) atoms. The van der Waals surface area contributed by atoms with Gasteiger partial charge in [-0.1, -0.05) is 0 Å². The van der Waals surface area contributed by atoms with Gasteiger partial charge in [0.2, 0.25) is 0 Å². The molecular weight excluding hydrogens is 230 g/mol. The second-order valence-electron chi connectivity index (χ2n) is 3.53. The van der Waals surface area contributed by atoms with Crippen molar-refractivity contribution >= 4 is 21.6 Å². The molecule has 0 bridgehead atoms. The molecule has 0 unspecified atom stereocenters. The highest BCUT2D eigenvalue weighted by Gasteiger charge is 2.06. The van der Waals surface area contributed by atoms with Gasteiger partial charge in [-0.25, -0.2) is 8.42 Å². The summed E-state index contributed by atoms with van der Waals surface area (Å²) in [6, 6.07) is 7.01. The van der Waals surface area contributed by atoms with E-state index in [0.717, 1.165) is 10.6 Å². The van der Waals surface area contributed by atoms with Crippen LogP contribution in [0.5, 0.6) is 0 Å². The first kappa shape index (κ1) is 12.5. The van der Waals surface area contributed by atoms with Gasteiger partial charge >= 0.3 is 0 Å². The molecule has 0 aliphatic rings. The van der Waals surface area contributed by atoms with Gasteiger partial charge in [-0.15, -0.1) is 11.8 Å². The smallest absolute Gasteiger partial charge is 0.175 e. The number of benzene rings is 1. The predicted molar refractivity (Wildman–Crippen MR) is 63.9 cm³/mol. The minimum absolute atomic E-state index is 0.143. The van der Waals surface area contributed by atoms with Crippen LogP contribution in [0, 0.1) is 0 Å². The lowest BCUT2D eigenvalue weighted by molar-refractivity contribution is 0.602. The third-order valence-electron chi connectivity index (χ3n) is 1.76. The van der Waals surface area contributed by atoms with Crippen LogP contribution in [0.15, 0.2) is 34.1 Å². The van der Waals surface area contributed by atoms with Crippen molar-refractivity contribution in [1.29, 1.82) is 0 Å². The van der Waals surface area contributed by atoms with Crippen molar-refractivity contribution in [3.05, 3.63) is 24.3 Å². The number of hydrogen-bond acceptors (Lipinski definition) is 4. The molecule has 3 nitrogen and oxygen atoms in total. The lowest BCUT2D eigenvalue weighted by Gasteiger charge is -2.05. The zero-order chi connectivity index (χ0) is 11.5. The van der Waals surface area contributed by atoms with Gasteiger partial charge in [-0.05, 0) is 31.2 Å². The van der Waals surface area contributed by atoms with E-state index in [2.05, 4.69) is 0 Å². The van der Waals surface area contributed by atoms with Gasteiger partial charge in [-0.2, -0.15) is 0 Å². The van der Waals surface area contributed by atoms with E-state index in [-0.39, 0.29) is 6.04 Å². The summed E-state index contributed by atoms with van der Waals surface area (Å²) in [5.74, 6) is 0.832. The van der Waals surface area contributed by atoms with Gasteiger partial charge in [0.25, 0.3) is 0 Å². The van der Waals surface area contributed by atoms with Crippen molar-refractivity contribution in [1.82, 2.24) is 0 Å². The summed E-state index contributed by atoms with van der Waals surface area (Å²) >= 11 is 1.63. The van der Waals surface area contributed by atoms with Gasteiger partial charge in [-0.3, -0.25) is 0 Å². The van der Waals surface area contributed by atoms with Gasteiger partial charge < -0.3 is 5.73 Å². The highest BCUT2D eigenvalue weighted by molar-refractivity contribution is 7.99. The van der Waals surface area contributed by atoms with Gasteiger partial charge in [0.05, 0.1) is 4.90 Å². The molecule has 0 heterocycles. The number of sulfone groups is 1. The maximum Gasteiger partial charge on any atom is 0.175 e. The van der Waals surface area contributed by atoms with Crippen molar-refractivity contribution in [3.63, 3.8) is 0 Å². The summed E-state index contributed by atoms with van der Waals surface area (Å²) in [4.78, 5) is 1.40. The Balaban J connectivity index is 2.73. The largest absolute Gasteiger partial charge is 0.327 e. The maximum atomic E-state index is 11.2. The third-order valence-corrected chi connectivity index (χ3v) is 4.19.